The molecule has 0 aromatic heterocycles. The van der Waals surface area contributed by atoms with E-state index in [0.29, 0.717) is 18.9 Å². The third kappa shape index (κ3) is 3.70. The first kappa shape index (κ1) is 13.9. The zero-order valence-corrected chi connectivity index (χ0v) is 10.1. The number of carboxylic acids is 1. The van der Waals surface area contributed by atoms with Gasteiger partial charge in [-0.2, -0.15) is 0 Å². The molecule has 0 aliphatic rings. The predicted octanol–water partition coefficient (Wildman–Crippen LogP) is 1.23. The van der Waals surface area contributed by atoms with Gasteiger partial charge >= 0.3 is 5.97 Å². The molecule has 0 bridgehead atoms. The smallest absolute Gasteiger partial charge is 0.342 e. The van der Waals surface area contributed by atoms with Crippen LogP contribution < -0.4 is 4.74 Å². The van der Waals surface area contributed by atoms with E-state index in [1.54, 1.807) is 0 Å². The standard InChI is InChI=1S/C11H14N2O5/c1-12(2)5-6-18-8-3-4-10(13(16)17)9(7-8)11(14)15/h3-4,7H,5-6H2,1-2H3,(H,14,15). The quantitative estimate of drug-likeness (QED) is 0.606. The minimum Gasteiger partial charge on any atom is -0.492 e. The highest BCUT2D eigenvalue weighted by atomic mass is 16.6. The Morgan fingerprint density at radius 2 is 2.17 bits per heavy atom. The van der Waals surface area contributed by atoms with Crippen molar-refractivity contribution in [3.05, 3.63) is 33.9 Å². The van der Waals surface area contributed by atoms with Crippen LogP contribution in [0.1, 0.15) is 10.4 Å². The van der Waals surface area contributed by atoms with Crippen molar-refractivity contribution in [1.82, 2.24) is 4.90 Å². The summed E-state index contributed by atoms with van der Waals surface area (Å²) >= 11 is 0. The number of ether oxygens (including phenoxy) is 1. The van der Waals surface area contributed by atoms with E-state index in [9.17, 15) is 14.9 Å². The fourth-order valence-corrected chi connectivity index (χ4v) is 1.28. The van der Waals surface area contributed by atoms with E-state index in [1.165, 1.54) is 6.07 Å². The Bertz CT molecular complexity index is 459. The summed E-state index contributed by atoms with van der Waals surface area (Å²) in [4.78, 5) is 22.7. The first-order valence-corrected chi connectivity index (χ1v) is 5.21. The molecule has 0 amide bonds. The van der Waals surface area contributed by atoms with Gasteiger partial charge in [0.15, 0.2) is 0 Å². The molecule has 98 valence electrons. The third-order valence-corrected chi connectivity index (χ3v) is 2.20. The normalized spacial score (nSPS) is 10.4. The molecule has 1 rings (SSSR count). The second-order valence-corrected chi connectivity index (χ2v) is 3.89. The number of nitro benzene ring substituents is 1. The highest BCUT2D eigenvalue weighted by Gasteiger charge is 2.20. The van der Waals surface area contributed by atoms with Crippen LogP contribution in [0.5, 0.6) is 5.75 Å². The summed E-state index contributed by atoms with van der Waals surface area (Å²) in [5.41, 5.74) is -0.815. The SMILES string of the molecule is CN(C)CCOc1ccc([N+](=O)[O-])c(C(=O)O)c1. The molecule has 0 heterocycles. The van der Waals surface area contributed by atoms with Crippen molar-refractivity contribution in [2.45, 2.75) is 0 Å². The van der Waals surface area contributed by atoms with Crippen molar-refractivity contribution in [2.75, 3.05) is 27.2 Å². The molecule has 7 heteroatoms. The van der Waals surface area contributed by atoms with E-state index >= 15 is 0 Å². The summed E-state index contributed by atoms with van der Waals surface area (Å²) < 4.78 is 5.31. The number of nitro groups is 1. The van der Waals surface area contributed by atoms with Gasteiger partial charge in [0.05, 0.1) is 4.92 Å². The van der Waals surface area contributed by atoms with Crippen molar-refractivity contribution >= 4 is 11.7 Å². The number of hydrogen-bond donors (Lipinski definition) is 1. The molecule has 0 unspecified atom stereocenters. The molecular weight excluding hydrogens is 240 g/mol. The molecule has 0 spiro atoms. The molecule has 0 saturated carbocycles. The van der Waals surface area contributed by atoms with E-state index in [-0.39, 0.29) is 5.56 Å². The number of likely N-dealkylation sites (N-methyl/N-ethyl adjacent to an activating group) is 1. The predicted molar refractivity (Wildman–Crippen MR) is 64.1 cm³/mol. The maximum atomic E-state index is 10.9. The Balaban J connectivity index is 2.87. The number of benzene rings is 1. The van der Waals surface area contributed by atoms with Crippen LogP contribution in [0.4, 0.5) is 5.69 Å². The monoisotopic (exact) mass is 254 g/mol. The van der Waals surface area contributed by atoms with Gasteiger partial charge < -0.3 is 14.7 Å². The first-order valence-electron chi connectivity index (χ1n) is 5.21. The molecule has 0 radical (unpaired) electrons. The van der Waals surface area contributed by atoms with Crippen molar-refractivity contribution in [1.29, 1.82) is 0 Å². The number of carbonyl (C=O) groups is 1. The Hall–Kier alpha value is -2.15. The fraction of sp³-hybridized carbons (Fsp3) is 0.364. The van der Waals surface area contributed by atoms with Crippen molar-refractivity contribution in [3.63, 3.8) is 0 Å². The maximum Gasteiger partial charge on any atom is 0.342 e. The summed E-state index contributed by atoms with van der Waals surface area (Å²) in [6.07, 6.45) is 0. The van der Waals surface area contributed by atoms with Gasteiger partial charge in [-0.15, -0.1) is 0 Å². The van der Waals surface area contributed by atoms with Crippen LogP contribution in [-0.2, 0) is 0 Å². The number of aromatic carboxylic acids is 1. The number of nitrogens with zero attached hydrogens (tertiary/aromatic N) is 2. The zero-order valence-electron chi connectivity index (χ0n) is 10.1. The van der Waals surface area contributed by atoms with Gasteiger partial charge in [0, 0.05) is 18.7 Å². The molecule has 18 heavy (non-hydrogen) atoms. The Labute approximate surface area is 104 Å². The van der Waals surface area contributed by atoms with Gasteiger partial charge in [0.25, 0.3) is 5.69 Å². The second kappa shape index (κ2) is 5.97. The Morgan fingerprint density at radius 3 is 2.67 bits per heavy atom. The number of carboxylic acid groups (broad SMARTS) is 1. The molecule has 0 aliphatic carbocycles. The van der Waals surface area contributed by atoms with Gasteiger partial charge in [0.2, 0.25) is 0 Å². The highest BCUT2D eigenvalue weighted by molar-refractivity contribution is 5.92. The molecule has 0 atom stereocenters. The fourth-order valence-electron chi connectivity index (χ4n) is 1.28. The molecule has 0 fully saturated rings. The van der Waals surface area contributed by atoms with Gasteiger partial charge in [-0.1, -0.05) is 0 Å². The molecule has 1 aromatic rings. The lowest BCUT2D eigenvalue weighted by Gasteiger charge is -2.11. The van der Waals surface area contributed by atoms with E-state index < -0.39 is 16.6 Å². The number of hydrogen-bond acceptors (Lipinski definition) is 5. The zero-order chi connectivity index (χ0) is 13.7. The lowest BCUT2D eigenvalue weighted by molar-refractivity contribution is -0.385. The van der Waals surface area contributed by atoms with Crippen LogP contribution in [0.25, 0.3) is 0 Å². The average Bonchev–Trinajstić information content (AvgIpc) is 2.28. The number of rotatable bonds is 6. The molecule has 1 aromatic carbocycles. The topological polar surface area (TPSA) is 92.9 Å². The third-order valence-electron chi connectivity index (χ3n) is 2.20. The summed E-state index contributed by atoms with van der Waals surface area (Å²) in [5, 5.41) is 19.5. The lowest BCUT2D eigenvalue weighted by Crippen LogP contribution is -2.19. The van der Waals surface area contributed by atoms with E-state index in [0.717, 1.165) is 12.1 Å². The summed E-state index contributed by atoms with van der Waals surface area (Å²) in [5.74, 6) is -1.04. The maximum absolute atomic E-state index is 10.9. The van der Waals surface area contributed by atoms with E-state index in [4.69, 9.17) is 9.84 Å². The van der Waals surface area contributed by atoms with Crippen LogP contribution in [-0.4, -0.2) is 48.1 Å². The van der Waals surface area contributed by atoms with Crippen LogP contribution >= 0.6 is 0 Å². The second-order valence-electron chi connectivity index (χ2n) is 3.89. The molecule has 7 nitrogen and oxygen atoms in total. The van der Waals surface area contributed by atoms with Crippen molar-refractivity contribution in [2.24, 2.45) is 0 Å². The molecule has 1 N–H and O–H groups in total. The van der Waals surface area contributed by atoms with Crippen LogP contribution in [0.3, 0.4) is 0 Å². The average molecular weight is 254 g/mol. The Kier molecular flexibility index (Phi) is 4.61. The highest BCUT2D eigenvalue weighted by Crippen LogP contribution is 2.24. The Morgan fingerprint density at radius 1 is 1.50 bits per heavy atom. The van der Waals surface area contributed by atoms with E-state index in [2.05, 4.69) is 0 Å². The van der Waals surface area contributed by atoms with E-state index in [1.807, 2.05) is 19.0 Å². The molecule has 0 aliphatic heterocycles. The van der Waals surface area contributed by atoms with Crippen molar-refractivity contribution < 1.29 is 19.6 Å². The summed E-state index contributed by atoms with van der Waals surface area (Å²) in [6.45, 7) is 1.04. The lowest BCUT2D eigenvalue weighted by atomic mass is 10.1. The van der Waals surface area contributed by atoms with Gasteiger partial charge in [-0.25, -0.2) is 4.79 Å². The first-order chi connectivity index (χ1) is 8.41. The molecular formula is C11H14N2O5. The minimum absolute atomic E-state index is 0.305. The summed E-state index contributed by atoms with van der Waals surface area (Å²) in [7, 11) is 3.75. The van der Waals surface area contributed by atoms with Gasteiger partial charge in [-0.05, 0) is 20.2 Å². The van der Waals surface area contributed by atoms with Crippen LogP contribution in [0, 0.1) is 10.1 Å². The molecule has 0 saturated heterocycles. The van der Waals surface area contributed by atoms with Gasteiger partial charge in [-0.3, -0.25) is 10.1 Å². The van der Waals surface area contributed by atoms with Crippen LogP contribution in [0.2, 0.25) is 0 Å². The van der Waals surface area contributed by atoms with Crippen LogP contribution in [0.15, 0.2) is 18.2 Å². The minimum atomic E-state index is -1.35. The van der Waals surface area contributed by atoms with Crippen molar-refractivity contribution in [3.8, 4) is 5.75 Å². The van der Waals surface area contributed by atoms with Gasteiger partial charge in [0.1, 0.15) is 17.9 Å². The summed E-state index contributed by atoms with van der Waals surface area (Å²) in [6, 6.07) is 3.69. The largest absolute Gasteiger partial charge is 0.492 e.